The molecule has 3 aromatic rings. The first-order valence-corrected chi connectivity index (χ1v) is 9.95. The van der Waals surface area contributed by atoms with Crippen LogP contribution < -0.4 is 10.2 Å². The Morgan fingerprint density at radius 3 is 2.31 bits per heavy atom. The Kier molecular flexibility index (Phi) is 5.10. The Labute approximate surface area is 171 Å². The third-order valence-corrected chi connectivity index (χ3v) is 5.54. The van der Waals surface area contributed by atoms with Gasteiger partial charge in [0, 0.05) is 23.0 Å². The SMILES string of the molecule is Cc1ccc(NC2CC(C)N(C(=O)c3ccc(F)cc3)c3cc(C)ccc32)cc1. The molecule has 0 spiro atoms. The van der Waals surface area contributed by atoms with Crippen molar-refractivity contribution in [3.05, 3.63) is 94.8 Å². The zero-order valence-electron chi connectivity index (χ0n) is 16.9. The maximum absolute atomic E-state index is 13.3. The van der Waals surface area contributed by atoms with Crippen molar-refractivity contribution in [2.75, 3.05) is 10.2 Å². The predicted molar refractivity (Wildman–Crippen MR) is 116 cm³/mol. The van der Waals surface area contributed by atoms with Gasteiger partial charge in [-0.2, -0.15) is 0 Å². The molecule has 1 aliphatic heterocycles. The van der Waals surface area contributed by atoms with Gasteiger partial charge in [-0.25, -0.2) is 4.39 Å². The fourth-order valence-electron chi connectivity index (χ4n) is 4.00. The van der Waals surface area contributed by atoms with E-state index in [0.717, 1.165) is 28.9 Å². The van der Waals surface area contributed by atoms with Crippen LogP contribution >= 0.6 is 0 Å². The number of hydrogen-bond acceptors (Lipinski definition) is 2. The summed E-state index contributed by atoms with van der Waals surface area (Å²) in [7, 11) is 0. The first-order chi connectivity index (χ1) is 13.9. The number of benzene rings is 3. The molecule has 1 amide bonds. The smallest absolute Gasteiger partial charge is 0.258 e. The van der Waals surface area contributed by atoms with Crippen molar-refractivity contribution in [1.29, 1.82) is 0 Å². The summed E-state index contributed by atoms with van der Waals surface area (Å²) in [5.41, 5.74) is 5.91. The van der Waals surface area contributed by atoms with Crippen molar-refractivity contribution in [2.45, 2.75) is 39.3 Å². The maximum Gasteiger partial charge on any atom is 0.258 e. The lowest BCUT2D eigenvalue weighted by Gasteiger charge is -2.40. The lowest BCUT2D eigenvalue weighted by atomic mass is 9.90. The molecule has 0 saturated heterocycles. The number of hydrogen-bond donors (Lipinski definition) is 1. The van der Waals surface area contributed by atoms with Crippen LogP contribution in [0.1, 0.15) is 46.4 Å². The molecule has 1 aliphatic rings. The molecule has 1 heterocycles. The first kappa shape index (κ1) is 19.2. The number of rotatable bonds is 3. The highest BCUT2D eigenvalue weighted by Gasteiger charge is 2.34. The largest absolute Gasteiger partial charge is 0.378 e. The molecular formula is C25H25FN2O. The minimum absolute atomic E-state index is 0.00445. The van der Waals surface area contributed by atoms with Crippen LogP contribution in [0.2, 0.25) is 0 Å². The number of carbonyl (C=O) groups excluding carboxylic acids is 1. The molecule has 2 atom stereocenters. The van der Waals surface area contributed by atoms with Gasteiger partial charge in [-0.05, 0) is 80.8 Å². The van der Waals surface area contributed by atoms with E-state index in [4.69, 9.17) is 0 Å². The van der Waals surface area contributed by atoms with Gasteiger partial charge in [0.15, 0.2) is 0 Å². The zero-order valence-corrected chi connectivity index (χ0v) is 16.9. The molecule has 0 aliphatic carbocycles. The van der Waals surface area contributed by atoms with Gasteiger partial charge in [0.25, 0.3) is 5.91 Å². The van der Waals surface area contributed by atoms with E-state index in [0.29, 0.717) is 5.56 Å². The molecule has 2 unspecified atom stereocenters. The van der Waals surface area contributed by atoms with E-state index in [9.17, 15) is 9.18 Å². The Morgan fingerprint density at radius 1 is 0.966 bits per heavy atom. The van der Waals surface area contributed by atoms with Gasteiger partial charge in [-0.3, -0.25) is 4.79 Å². The predicted octanol–water partition coefficient (Wildman–Crippen LogP) is 6.03. The molecule has 148 valence electrons. The van der Waals surface area contributed by atoms with E-state index in [2.05, 4.69) is 61.6 Å². The van der Waals surface area contributed by atoms with Crippen LogP contribution in [0.5, 0.6) is 0 Å². The Balaban J connectivity index is 1.70. The van der Waals surface area contributed by atoms with Gasteiger partial charge in [-0.1, -0.05) is 29.8 Å². The normalized spacial score (nSPS) is 18.3. The number of halogens is 1. The van der Waals surface area contributed by atoms with Gasteiger partial charge in [0.1, 0.15) is 5.82 Å². The van der Waals surface area contributed by atoms with Gasteiger partial charge in [0.05, 0.1) is 6.04 Å². The molecule has 4 heteroatoms. The second-order valence-electron chi connectivity index (χ2n) is 7.89. The minimum Gasteiger partial charge on any atom is -0.378 e. The topological polar surface area (TPSA) is 32.3 Å². The standard InChI is InChI=1S/C25H25FN2O/c1-16-4-11-21(12-5-16)27-23-15-18(3)28(24-14-17(2)6-13-22(23)24)25(29)19-7-9-20(26)10-8-19/h4-14,18,23,27H,15H2,1-3H3. The van der Waals surface area contributed by atoms with Crippen molar-refractivity contribution in [3.63, 3.8) is 0 Å². The highest BCUT2D eigenvalue weighted by atomic mass is 19.1. The highest BCUT2D eigenvalue weighted by molar-refractivity contribution is 6.07. The van der Waals surface area contributed by atoms with Crippen molar-refractivity contribution < 1.29 is 9.18 Å². The fourth-order valence-corrected chi connectivity index (χ4v) is 4.00. The van der Waals surface area contributed by atoms with Crippen molar-refractivity contribution >= 4 is 17.3 Å². The molecule has 1 N–H and O–H groups in total. The average molecular weight is 388 g/mol. The third kappa shape index (κ3) is 3.88. The summed E-state index contributed by atoms with van der Waals surface area (Å²) in [6.45, 7) is 6.17. The molecule has 0 saturated carbocycles. The van der Waals surface area contributed by atoms with E-state index in [1.807, 2.05) is 11.8 Å². The molecule has 0 bridgehead atoms. The minimum atomic E-state index is -0.341. The van der Waals surface area contributed by atoms with Gasteiger partial charge < -0.3 is 10.2 Å². The first-order valence-electron chi connectivity index (χ1n) is 9.95. The molecule has 3 nitrogen and oxygen atoms in total. The summed E-state index contributed by atoms with van der Waals surface area (Å²) in [6.07, 6.45) is 0.789. The van der Waals surface area contributed by atoms with E-state index < -0.39 is 0 Å². The Hall–Kier alpha value is -3.14. The Morgan fingerprint density at radius 2 is 1.62 bits per heavy atom. The second kappa shape index (κ2) is 7.70. The van der Waals surface area contributed by atoms with E-state index in [1.54, 1.807) is 12.1 Å². The van der Waals surface area contributed by atoms with Crippen LogP contribution in [0.15, 0.2) is 66.7 Å². The van der Waals surface area contributed by atoms with Gasteiger partial charge in [0.2, 0.25) is 0 Å². The molecule has 3 aromatic carbocycles. The fraction of sp³-hybridized carbons (Fsp3) is 0.240. The summed E-state index contributed by atoms with van der Waals surface area (Å²) < 4.78 is 13.3. The van der Waals surface area contributed by atoms with Crippen LogP contribution in [0, 0.1) is 19.7 Å². The van der Waals surface area contributed by atoms with E-state index >= 15 is 0 Å². The third-order valence-electron chi connectivity index (χ3n) is 5.54. The number of nitrogens with one attached hydrogen (secondary N) is 1. The number of anilines is 2. The van der Waals surface area contributed by atoms with Gasteiger partial charge in [-0.15, -0.1) is 0 Å². The Bertz CT molecular complexity index is 1030. The summed E-state index contributed by atoms with van der Waals surface area (Å²) in [6, 6.07) is 20.5. The quantitative estimate of drug-likeness (QED) is 0.594. The number of aryl methyl sites for hydroxylation is 2. The van der Waals surface area contributed by atoms with E-state index in [-0.39, 0.29) is 23.8 Å². The molecule has 0 aromatic heterocycles. The maximum atomic E-state index is 13.3. The van der Waals surface area contributed by atoms with Crippen LogP contribution in [0.25, 0.3) is 0 Å². The van der Waals surface area contributed by atoms with Gasteiger partial charge >= 0.3 is 0 Å². The molecule has 4 rings (SSSR count). The van der Waals surface area contributed by atoms with Crippen molar-refractivity contribution in [3.8, 4) is 0 Å². The van der Waals surface area contributed by atoms with Crippen LogP contribution in [-0.2, 0) is 0 Å². The number of amides is 1. The molecular weight excluding hydrogens is 363 g/mol. The monoisotopic (exact) mass is 388 g/mol. The van der Waals surface area contributed by atoms with Crippen LogP contribution in [0.4, 0.5) is 15.8 Å². The summed E-state index contributed by atoms with van der Waals surface area (Å²) >= 11 is 0. The summed E-state index contributed by atoms with van der Waals surface area (Å²) in [5, 5.41) is 3.63. The molecule has 0 radical (unpaired) electrons. The highest BCUT2D eigenvalue weighted by Crippen LogP contribution is 2.40. The van der Waals surface area contributed by atoms with Crippen molar-refractivity contribution in [1.82, 2.24) is 0 Å². The average Bonchev–Trinajstić information content (AvgIpc) is 2.70. The lowest BCUT2D eigenvalue weighted by molar-refractivity contribution is 0.0974. The molecule has 0 fully saturated rings. The summed E-state index contributed by atoms with van der Waals surface area (Å²) in [4.78, 5) is 15.1. The second-order valence-corrected chi connectivity index (χ2v) is 7.89. The van der Waals surface area contributed by atoms with E-state index in [1.165, 1.54) is 17.7 Å². The number of fused-ring (bicyclic) bond motifs is 1. The van der Waals surface area contributed by atoms with Crippen LogP contribution in [0.3, 0.4) is 0 Å². The van der Waals surface area contributed by atoms with Crippen LogP contribution in [-0.4, -0.2) is 11.9 Å². The number of carbonyl (C=O) groups is 1. The zero-order chi connectivity index (χ0) is 20.5. The molecule has 29 heavy (non-hydrogen) atoms. The van der Waals surface area contributed by atoms with Crippen molar-refractivity contribution in [2.24, 2.45) is 0 Å². The summed E-state index contributed by atoms with van der Waals surface area (Å²) in [5.74, 6) is -0.440. The number of nitrogens with zero attached hydrogens (tertiary/aromatic N) is 1. The lowest BCUT2D eigenvalue weighted by Crippen LogP contribution is -2.44.